The standard InChI is InChI=1S/C42H50N2O7P4/c1-5-48-54(46,49-6-2)43-52(37-26-16-10-17-27-37,38-28-18-11-19-29-38)42(35-34-41(45)36-24-14-9-15-25-36)53(39-30-20-12-21-31-39,40-32-22-13-23-33-40)44-55(47,50-7-3)51-8-4/h9-35,41-42,45H,5-8H2,1-4H3/b35-34+. The van der Waals surface area contributed by atoms with E-state index < -0.39 is 41.1 Å². The molecule has 55 heavy (non-hydrogen) atoms. The number of rotatable bonds is 19. The van der Waals surface area contributed by atoms with Gasteiger partial charge in [-0.05, 0) is 54.5 Å². The molecule has 5 rings (SSSR count). The van der Waals surface area contributed by atoms with E-state index in [0.717, 1.165) is 21.2 Å². The minimum absolute atomic E-state index is 0.0729. The Bertz CT molecular complexity index is 1940. The lowest BCUT2D eigenvalue weighted by atomic mass is 10.1. The third kappa shape index (κ3) is 9.93. The zero-order chi connectivity index (χ0) is 39.2. The molecule has 13 heteroatoms. The Morgan fingerprint density at radius 1 is 0.473 bits per heavy atom. The third-order valence-corrected chi connectivity index (χ3v) is 23.2. The first-order chi connectivity index (χ1) is 26.7. The van der Waals surface area contributed by atoms with Crippen LogP contribution in [-0.4, -0.2) is 36.9 Å². The van der Waals surface area contributed by atoms with Crippen molar-refractivity contribution in [3.63, 3.8) is 0 Å². The summed E-state index contributed by atoms with van der Waals surface area (Å²) in [6.07, 6.45) is 2.60. The Hall–Kier alpha value is -3.44. The van der Waals surface area contributed by atoms with Crippen LogP contribution in [0.4, 0.5) is 0 Å². The van der Waals surface area contributed by atoms with E-state index >= 15 is 9.13 Å². The summed E-state index contributed by atoms with van der Waals surface area (Å²) in [5.41, 5.74) is 0.668. The normalized spacial score (nSPS) is 13.2. The molecule has 9 nitrogen and oxygen atoms in total. The van der Waals surface area contributed by atoms with E-state index in [0.29, 0.717) is 5.56 Å². The fourth-order valence-electron chi connectivity index (χ4n) is 6.48. The molecular weight excluding hydrogens is 768 g/mol. The van der Waals surface area contributed by atoms with Crippen molar-refractivity contribution >= 4 is 50.8 Å². The van der Waals surface area contributed by atoms with Gasteiger partial charge in [0.15, 0.2) is 0 Å². The average molecular weight is 819 g/mol. The van der Waals surface area contributed by atoms with Gasteiger partial charge >= 0.3 is 15.5 Å². The van der Waals surface area contributed by atoms with Crippen molar-refractivity contribution in [2.24, 2.45) is 9.03 Å². The monoisotopic (exact) mass is 818 g/mol. The van der Waals surface area contributed by atoms with Gasteiger partial charge in [-0.25, -0.2) is 9.13 Å². The maximum Gasteiger partial charge on any atom is 0.453 e. The molecule has 5 aromatic rings. The number of aliphatic hydroxyl groups excluding tert-OH is 1. The number of hydrogen-bond donors (Lipinski definition) is 1. The van der Waals surface area contributed by atoms with E-state index in [2.05, 4.69) is 0 Å². The van der Waals surface area contributed by atoms with Crippen molar-refractivity contribution in [3.05, 3.63) is 169 Å². The van der Waals surface area contributed by atoms with Gasteiger partial charge in [0.05, 0.1) is 52.0 Å². The summed E-state index contributed by atoms with van der Waals surface area (Å²) in [4.78, 5) is 0. The molecule has 0 aliphatic carbocycles. The zero-order valence-electron chi connectivity index (χ0n) is 31.7. The predicted octanol–water partition coefficient (Wildman–Crippen LogP) is 10.7. The SMILES string of the molecule is CCOP(=O)(N=P(c1ccccc1)(c1ccccc1)C(/C=C/C(O)c1ccccc1)P(=NP(=O)(OCC)OCC)(c1ccccc1)c1ccccc1)OCC. The number of aliphatic hydroxyl groups is 1. The fourth-order valence-corrected chi connectivity index (χ4v) is 23.4. The molecule has 290 valence electrons. The van der Waals surface area contributed by atoms with Crippen molar-refractivity contribution in [2.75, 3.05) is 26.4 Å². The lowest BCUT2D eigenvalue weighted by Gasteiger charge is -2.42. The van der Waals surface area contributed by atoms with Gasteiger partial charge in [0.25, 0.3) is 0 Å². The lowest BCUT2D eigenvalue weighted by molar-refractivity contribution is 0.220. The fraction of sp³-hybridized carbons (Fsp3) is 0.238. The Morgan fingerprint density at radius 2 is 0.745 bits per heavy atom. The van der Waals surface area contributed by atoms with Crippen LogP contribution in [0.25, 0.3) is 0 Å². The first-order valence-electron chi connectivity index (χ1n) is 18.4. The van der Waals surface area contributed by atoms with E-state index in [4.69, 9.17) is 27.1 Å². The molecule has 0 amide bonds. The first kappa shape index (κ1) is 42.7. The van der Waals surface area contributed by atoms with E-state index in [9.17, 15) is 5.11 Å². The van der Waals surface area contributed by atoms with Gasteiger partial charge < -0.3 is 5.11 Å². The summed E-state index contributed by atoms with van der Waals surface area (Å²) in [6, 6.07) is 48.1. The van der Waals surface area contributed by atoms with Crippen LogP contribution in [0.1, 0.15) is 39.4 Å². The molecule has 1 N–H and O–H groups in total. The molecule has 0 radical (unpaired) electrons. The molecule has 0 heterocycles. The van der Waals surface area contributed by atoms with E-state index in [1.54, 1.807) is 33.8 Å². The third-order valence-electron chi connectivity index (χ3n) is 8.64. The van der Waals surface area contributed by atoms with Crippen molar-refractivity contribution in [2.45, 2.75) is 39.2 Å². The molecule has 1 atom stereocenters. The second-order valence-corrected chi connectivity index (χ2v) is 22.8. The summed E-state index contributed by atoms with van der Waals surface area (Å²) in [6.45, 7) is 7.30. The maximum atomic E-state index is 15.2. The summed E-state index contributed by atoms with van der Waals surface area (Å²) >= 11 is 0. The average Bonchev–Trinajstić information content (AvgIpc) is 3.22. The molecule has 0 aromatic heterocycles. The van der Waals surface area contributed by atoms with Crippen LogP contribution in [-0.2, 0) is 27.2 Å². The van der Waals surface area contributed by atoms with Gasteiger partial charge in [0, 0.05) is 0 Å². The highest BCUT2D eigenvalue weighted by Crippen LogP contribution is 2.76. The van der Waals surface area contributed by atoms with Gasteiger partial charge in [-0.3, -0.25) is 18.1 Å². The predicted molar refractivity (Wildman–Crippen MR) is 229 cm³/mol. The minimum Gasteiger partial charge on any atom is -0.384 e. The molecular formula is C42H50N2O7P4. The number of allylic oxidation sites excluding steroid dienone is 1. The van der Waals surface area contributed by atoms with Gasteiger partial charge in [0.1, 0.15) is 0 Å². The largest absolute Gasteiger partial charge is 0.453 e. The quantitative estimate of drug-likeness (QED) is 0.0651. The Morgan fingerprint density at radius 3 is 1.02 bits per heavy atom. The van der Waals surface area contributed by atoms with Crippen molar-refractivity contribution < 1.29 is 32.3 Å². The van der Waals surface area contributed by atoms with E-state index in [1.165, 1.54) is 0 Å². The highest BCUT2D eigenvalue weighted by molar-refractivity contribution is 7.99. The Labute approximate surface area is 326 Å². The van der Waals surface area contributed by atoms with Crippen molar-refractivity contribution in [1.82, 2.24) is 0 Å². The molecule has 0 fully saturated rings. The van der Waals surface area contributed by atoms with Crippen LogP contribution in [0.5, 0.6) is 0 Å². The molecule has 0 bridgehead atoms. The van der Waals surface area contributed by atoms with Gasteiger partial charge in [-0.1, -0.05) is 164 Å². The highest BCUT2D eigenvalue weighted by atomic mass is 31.3. The van der Waals surface area contributed by atoms with Crippen LogP contribution < -0.4 is 21.2 Å². The second kappa shape index (κ2) is 20.1. The summed E-state index contributed by atoms with van der Waals surface area (Å²) < 4.78 is 65.2. The van der Waals surface area contributed by atoms with E-state index in [-0.39, 0.29) is 26.4 Å². The Balaban J connectivity index is 2.15. The van der Waals surface area contributed by atoms with Crippen molar-refractivity contribution in [3.8, 4) is 0 Å². The topological polar surface area (TPSA) is 116 Å². The Kier molecular flexibility index (Phi) is 15.6. The molecule has 0 aliphatic rings. The van der Waals surface area contributed by atoms with E-state index in [1.807, 2.05) is 158 Å². The lowest BCUT2D eigenvalue weighted by Crippen LogP contribution is -2.32. The summed E-state index contributed by atoms with van der Waals surface area (Å²) in [7, 11) is -15.6. The number of benzene rings is 5. The van der Waals surface area contributed by atoms with Crippen LogP contribution >= 0.6 is 29.6 Å². The second-order valence-electron chi connectivity index (χ2n) is 12.2. The van der Waals surface area contributed by atoms with Crippen LogP contribution in [0.3, 0.4) is 0 Å². The summed E-state index contributed by atoms with van der Waals surface area (Å²) in [5.74, 6) is 0. The van der Waals surface area contributed by atoms with Gasteiger partial charge in [0.2, 0.25) is 0 Å². The smallest absolute Gasteiger partial charge is 0.384 e. The number of nitrogens with zero attached hydrogens (tertiary/aromatic N) is 2. The molecule has 0 aliphatic heterocycles. The minimum atomic E-state index is -4.24. The molecule has 0 spiro atoms. The molecule has 0 saturated heterocycles. The molecule has 1 unspecified atom stereocenters. The maximum absolute atomic E-state index is 15.2. The highest BCUT2D eigenvalue weighted by Gasteiger charge is 2.49. The van der Waals surface area contributed by atoms with Crippen LogP contribution in [0, 0.1) is 0 Å². The molecule has 5 aromatic carbocycles. The van der Waals surface area contributed by atoms with Crippen molar-refractivity contribution in [1.29, 1.82) is 0 Å². The van der Waals surface area contributed by atoms with Crippen LogP contribution in [0.2, 0.25) is 0 Å². The zero-order valence-corrected chi connectivity index (χ0v) is 35.2. The molecule has 0 saturated carbocycles. The number of hydrogen-bond acceptors (Lipinski definition) is 7. The van der Waals surface area contributed by atoms with Crippen LogP contribution in [0.15, 0.2) is 173 Å². The first-order valence-corrected chi connectivity index (χ1v) is 25.0. The van der Waals surface area contributed by atoms with Gasteiger partial charge in [-0.2, -0.15) is 9.03 Å². The summed E-state index contributed by atoms with van der Waals surface area (Å²) in [5, 5.41) is 14.0. The van der Waals surface area contributed by atoms with Gasteiger partial charge in [-0.15, -0.1) is 0 Å².